The molecule has 2 saturated heterocycles. The lowest BCUT2D eigenvalue weighted by molar-refractivity contribution is -0.148. The van der Waals surface area contributed by atoms with Gasteiger partial charge < -0.3 is 50.4 Å². The summed E-state index contributed by atoms with van der Waals surface area (Å²) in [6, 6.07) is -0.0614. The molecule has 0 bridgehead atoms. The molecule has 2 aliphatic rings. The molecule has 6 atom stereocenters. The number of esters is 2. The van der Waals surface area contributed by atoms with Gasteiger partial charge in [-0.2, -0.15) is 11.8 Å². The molecule has 0 saturated carbocycles. The van der Waals surface area contributed by atoms with Gasteiger partial charge in [-0.15, -0.1) is 11.3 Å². The van der Waals surface area contributed by atoms with Crippen molar-refractivity contribution in [3.63, 3.8) is 0 Å². The number of aromatic nitrogens is 1. The van der Waals surface area contributed by atoms with E-state index in [1.807, 2.05) is 83.2 Å². The molecule has 0 radical (unpaired) electrons. The van der Waals surface area contributed by atoms with E-state index in [9.17, 15) is 24.0 Å². The number of nitrogens with one attached hydrogen (secondary N) is 5. The molecule has 67 heavy (non-hydrogen) atoms. The van der Waals surface area contributed by atoms with Crippen molar-refractivity contribution in [2.24, 2.45) is 0 Å². The third-order valence-electron chi connectivity index (χ3n) is 10.6. The third-order valence-corrected chi connectivity index (χ3v) is 13.0. The smallest absolute Gasteiger partial charge is 0.331 e. The summed E-state index contributed by atoms with van der Waals surface area (Å²) in [5.41, 5.74) is 3.98. The Balaban J connectivity index is 1.41. The zero-order valence-electron chi connectivity index (χ0n) is 41.2. The summed E-state index contributed by atoms with van der Waals surface area (Å²) in [5.74, 6) is -0.258. The number of likely N-dealkylation sites (N-methyl/N-ethyl adjacent to an activating group) is 1. The van der Waals surface area contributed by atoms with Crippen LogP contribution in [0.1, 0.15) is 104 Å². The van der Waals surface area contributed by atoms with E-state index in [1.165, 1.54) is 17.4 Å². The molecule has 4 amide bonds. The number of unbranched alkanes of at least 4 members (excludes halogenated alkanes) is 1. The predicted molar refractivity (Wildman–Crippen MR) is 267 cm³/mol. The highest BCUT2D eigenvalue weighted by atomic mass is 32.2. The Morgan fingerprint density at radius 1 is 0.940 bits per heavy atom. The maximum absolute atomic E-state index is 12.8. The molecule has 0 spiro atoms. The van der Waals surface area contributed by atoms with Crippen molar-refractivity contribution >= 4 is 52.9 Å². The Bertz CT molecular complexity index is 1870. The van der Waals surface area contributed by atoms with Crippen LogP contribution in [0.5, 0.6) is 0 Å². The molecule has 2 fully saturated rings. The van der Waals surface area contributed by atoms with Crippen molar-refractivity contribution in [1.29, 1.82) is 0 Å². The first-order valence-corrected chi connectivity index (χ1v) is 25.3. The maximum atomic E-state index is 12.8. The summed E-state index contributed by atoms with van der Waals surface area (Å²) in [5, 5.41) is 18.0. The predicted octanol–water partition coefficient (Wildman–Crippen LogP) is 5.87. The number of allylic oxidation sites excluding steroid dienone is 7. The molecular weight excluding hydrogens is 895 g/mol. The number of nitrogens with zero attached hydrogens (tertiary/aromatic N) is 2. The van der Waals surface area contributed by atoms with Crippen molar-refractivity contribution in [1.82, 2.24) is 36.5 Å². The lowest BCUT2D eigenvalue weighted by Crippen LogP contribution is -2.41. The second-order valence-electron chi connectivity index (χ2n) is 17.8. The van der Waals surface area contributed by atoms with Gasteiger partial charge in [0.1, 0.15) is 12.8 Å². The average molecular weight is 972 g/mol. The van der Waals surface area contributed by atoms with Gasteiger partial charge >= 0.3 is 18.0 Å². The van der Waals surface area contributed by atoms with Crippen molar-refractivity contribution in [3.05, 3.63) is 75.3 Å². The number of thioether (sulfide) groups is 1. The molecule has 1 aromatic heterocycles. The quantitative estimate of drug-likeness (QED) is 0.0144. The number of thiazole rings is 1. The number of carbonyl (C=O) groups excluding carboxylic acids is 5. The van der Waals surface area contributed by atoms with Crippen LogP contribution < -0.4 is 26.6 Å². The summed E-state index contributed by atoms with van der Waals surface area (Å²) in [7, 11) is 4.04. The van der Waals surface area contributed by atoms with Crippen LogP contribution in [0.3, 0.4) is 0 Å². The van der Waals surface area contributed by atoms with E-state index in [-0.39, 0.29) is 80.3 Å². The van der Waals surface area contributed by atoms with Crippen molar-refractivity contribution in [2.75, 3.05) is 66.0 Å². The van der Waals surface area contributed by atoms with Gasteiger partial charge in [0.2, 0.25) is 11.8 Å². The highest BCUT2D eigenvalue weighted by Gasteiger charge is 2.42. The molecule has 1 aromatic rings. The first kappa shape index (κ1) is 57.0. The molecule has 374 valence electrons. The van der Waals surface area contributed by atoms with Crippen LogP contribution in [-0.2, 0) is 44.5 Å². The Morgan fingerprint density at radius 2 is 1.70 bits per heavy atom. The fourth-order valence-corrected chi connectivity index (χ4v) is 9.62. The zero-order chi connectivity index (χ0) is 49.1. The number of carbonyl (C=O) groups is 5. The average Bonchev–Trinajstić information content (AvgIpc) is 3.98. The second-order valence-corrected chi connectivity index (χ2v) is 20.1. The first-order valence-electron chi connectivity index (χ1n) is 23.4. The molecule has 3 rings (SSSR count). The van der Waals surface area contributed by atoms with Crippen LogP contribution in [0.25, 0.3) is 0 Å². The Labute approximate surface area is 407 Å². The van der Waals surface area contributed by atoms with Gasteiger partial charge in [0.15, 0.2) is 0 Å². The molecule has 0 aromatic carbocycles. The van der Waals surface area contributed by atoms with Crippen LogP contribution in [-0.4, -0.2) is 141 Å². The largest absolute Gasteiger partial charge is 0.463 e. The minimum absolute atomic E-state index is 0.0111. The monoisotopic (exact) mass is 972 g/mol. The molecular formula is C49H77N7O9S2. The number of hydrogen-bond acceptors (Lipinski definition) is 14. The summed E-state index contributed by atoms with van der Waals surface area (Å²) >= 11 is 3.37. The van der Waals surface area contributed by atoms with E-state index in [0.29, 0.717) is 44.3 Å². The number of rotatable bonds is 32. The fourth-order valence-electron chi connectivity index (χ4n) is 7.11. The van der Waals surface area contributed by atoms with Crippen molar-refractivity contribution in [2.45, 2.75) is 135 Å². The van der Waals surface area contributed by atoms with Gasteiger partial charge in [0.05, 0.1) is 61.7 Å². The van der Waals surface area contributed by atoms with E-state index in [2.05, 4.69) is 44.5 Å². The Morgan fingerprint density at radius 3 is 2.45 bits per heavy atom. The highest BCUT2D eigenvalue weighted by Crippen LogP contribution is 2.33. The van der Waals surface area contributed by atoms with Gasteiger partial charge in [0.25, 0.3) is 0 Å². The summed E-state index contributed by atoms with van der Waals surface area (Å²) in [4.78, 5) is 69.2. The third kappa shape index (κ3) is 25.0. The first-order chi connectivity index (χ1) is 32.0. The molecule has 18 heteroatoms. The zero-order valence-corrected chi connectivity index (χ0v) is 42.8. The van der Waals surface area contributed by atoms with E-state index >= 15 is 0 Å². The van der Waals surface area contributed by atoms with Crippen LogP contribution in [0, 0.1) is 0 Å². The molecule has 2 aliphatic heterocycles. The summed E-state index contributed by atoms with van der Waals surface area (Å²) < 4.78 is 22.4. The molecule has 0 unspecified atom stereocenters. The lowest BCUT2D eigenvalue weighted by atomic mass is 9.97. The summed E-state index contributed by atoms with van der Waals surface area (Å²) in [6.07, 6.45) is 16.4. The number of amides is 4. The Kier molecular flexibility index (Phi) is 26.9. The lowest BCUT2D eigenvalue weighted by Gasteiger charge is -2.21. The van der Waals surface area contributed by atoms with Gasteiger partial charge in [-0.1, -0.05) is 60.4 Å². The van der Waals surface area contributed by atoms with Gasteiger partial charge in [0, 0.05) is 60.3 Å². The fraction of sp³-hybridized carbons (Fsp3) is 0.633. The van der Waals surface area contributed by atoms with Crippen LogP contribution in [0.15, 0.2) is 64.6 Å². The van der Waals surface area contributed by atoms with E-state index in [1.54, 1.807) is 19.9 Å². The summed E-state index contributed by atoms with van der Waals surface area (Å²) in [6.45, 7) is 15.6. The molecule has 3 heterocycles. The number of urea groups is 1. The normalized spacial score (nSPS) is 18.7. The van der Waals surface area contributed by atoms with Crippen molar-refractivity contribution in [3.8, 4) is 0 Å². The van der Waals surface area contributed by atoms with Gasteiger partial charge in [-0.3, -0.25) is 14.4 Å². The van der Waals surface area contributed by atoms with Crippen LogP contribution >= 0.6 is 23.1 Å². The van der Waals surface area contributed by atoms with Crippen molar-refractivity contribution < 1.29 is 42.9 Å². The van der Waals surface area contributed by atoms with E-state index < -0.39 is 12.1 Å². The van der Waals surface area contributed by atoms with Gasteiger partial charge in [-0.25, -0.2) is 14.6 Å². The Hall–Kier alpha value is -4.33. The highest BCUT2D eigenvalue weighted by molar-refractivity contribution is 8.00. The van der Waals surface area contributed by atoms with Gasteiger partial charge in [-0.05, 0) is 81.0 Å². The topological polar surface area (TPSA) is 199 Å². The SMILES string of the molecule is CC(C)=C/C=C\C(=O)O[C@H](/C=C(C)/C=C/C(C)=C/CN(C)C)Cc1nc([C@@H](C)C[C@H](CC(=O)OC(C)C)NCC(=O)NCOCCOCCNC(=O)CCCC[C@@H]2SC[C@@H]3NC(=O)N[C@@H]32)cs1. The van der Waals surface area contributed by atoms with Crippen LogP contribution in [0.2, 0.25) is 0 Å². The molecule has 0 aliphatic carbocycles. The van der Waals surface area contributed by atoms with Crippen LogP contribution in [0.4, 0.5) is 4.79 Å². The maximum Gasteiger partial charge on any atom is 0.331 e. The second kappa shape index (κ2) is 31.7. The molecule has 16 nitrogen and oxygen atoms in total. The van der Waals surface area contributed by atoms with E-state index in [4.69, 9.17) is 23.9 Å². The number of hydrogen-bond donors (Lipinski definition) is 5. The van der Waals surface area contributed by atoms with E-state index in [0.717, 1.165) is 59.0 Å². The standard InChI is InChI=1S/C49H77N7O9S2/c1-33(2)13-12-16-46(59)65-39(25-36(6)18-17-35(5)19-21-56(8)9)28-45-53-40(30-67-45)37(7)26-38(27-47(60)64-34(3)4)51-29-44(58)52-32-63-24-23-62-22-20-50-43(57)15-11-10-14-42-48-41(31-66-42)54-49(61)55-48/h12-13,16-19,25,30,34,37-39,41-42,48,51H,10-11,14-15,20-24,26-29,31-32H2,1-9H3,(H,50,57)(H,52,58)(H2,54,55,61)/b16-12-,18-17+,35-19+,36-25+/t37-,38+,39+,41-,42-,48-/m0/s1. The number of fused-ring (bicyclic) bond motifs is 1. The number of ether oxygens (including phenoxy) is 4. The minimum atomic E-state index is -0.553. The molecule has 5 N–H and O–H groups in total. The minimum Gasteiger partial charge on any atom is -0.463 e.